The number of carboxylic acid groups (broad SMARTS) is 2. The molecule has 2 fully saturated rings. The summed E-state index contributed by atoms with van der Waals surface area (Å²) in [4.78, 5) is 52.7. The van der Waals surface area contributed by atoms with Crippen molar-refractivity contribution < 1.29 is 47.3 Å². The van der Waals surface area contributed by atoms with Gasteiger partial charge in [-0.05, 0) is 29.8 Å². The fourth-order valence-electron chi connectivity index (χ4n) is 4.92. The van der Waals surface area contributed by atoms with Crippen LogP contribution in [0.1, 0.15) is 18.0 Å². The second kappa shape index (κ2) is 10.1. The number of carbonyl (C=O) groups is 4. The number of imide groups is 1. The Morgan fingerprint density at radius 1 is 1.05 bits per heavy atom. The molecule has 3 N–H and O–H groups in total. The molecule has 2 aliphatic heterocycles. The molecule has 0 spiro atoms. The van der Waals surface area contributed by atoms with Crippen LogP contribution in [-0.2, 0) is 19.2 Å². The molecule has 0 saturated carbocycles. The highest BCUT2D eigenvalue weighted by Crippen LogP contribution is 2.50. The van der Waals surface area contributed by atoms with Gasteiger partial charge in [-0.25, -0.2) is 0 Å². The van der Waals surface area contributed by atoms with E-state index in [1.54, 1.807) is 0 Å². The number of halogens is 3. The molecule has 0 aliphatic carbocycles. The highest BCUT2D eigenvalue weighted by molar-refractivity contribution is 7.99. The molecule has 37 heavy (non-hydrogen) atoms. The van der Waals surface area contributed by atoms with Gasteiger partial charge in [0.2, 0.25) is 11.8 Å². The van der Waals surface area contributed by atoms with Gasteiger partial charge in [0.05, 0.1) is 18.3 Å². The Morgan fingerprint density at radius 3 is 2.38 bits per heavy atom. The summed E-state index contributed by atoms with van der Waals surface area (Å²) >= 11 is 1.37. The first-order valence-electron chi connectivity index (χ1n) is 11.0. The number of carboxylic acids is 2. The molecule has 0 radical (unpaired) electrons. The summed E-state index contributed by atoms with van der Waals surface area (Å²) in [5, 5.41) is 22.1. The van der Waals surface area contributed by atoms with Crippen molar-refractivity contribution in [2.75, 3.05) is 12.3 Å². The van der Waals surface area contributed by atoms with Crippen molar-refractivity contribution >= 4 is 35.5 Å². The third-order valence-corrected chi connectivity index (χ3v) is 7.33. The molecule has 9 nitrogen and oxygen atoms in total. The number of aliphatic carboxylic acids is 2. The molecule has 4 atom stereocenters. The van der Waals surface area contributed by atoms with E-state index in [4.69, 9.17) is 0 Å². The molecular weight excluding hydrogens is 517 g/mol. The van der Waals surface area contributed by atoms with E-state index in [2.05, 4.69) is 10.1 Å². The Hall–Kier alpha value is -3.58. The zero-order valence-electron chi connectivity index (χ0n) is 19.0. The van der Waals surface area contributed by atoms with Crippen molar-refractivity contribution in [1.82, 2.24) is 10.2 Å². The molecule has 2 aromatic rings. The number of hydrogen-bond donors (Lipinski definition) is 3. The number of likely N-dealkylation sites (tertiary alicyclic amines) is 1. The maximum Gasteiger partial charge on any atom is 0.573 e. The summed E-state index contributed by atoms with van der Waals surface area (Å²) < 4.78 is 42.2. The van der Waals surface area contributed by atoms with Gasteiger partial charge >= 0.3 is 18.3 Å². The van der Waals surface area contributed by atoms with Crippen LogP contribution in [0, 0.1) is 11.8 Å². The maximum atomic E-state index is 13.4. The Kier molecular flexibility index (Phi) is 7.20. The zero-order chi connectivity index (χ0) is 27.0. The topological polar surface area (TPSA) is 133 Å². The molecule has 2 saturated heterocycles. The number of ether oxygens (including phenoxy) is 1. The van der Waals surface area contributed by atoms with Crippen molar-refractivity contribution in [3.63, 3.8) is 0 Å². The lowest BCUT2D eigenvalue weighted by atomic mass is 9.77. The third-order valence-electron chi connectivity index (χ3n) is 6.33. The number of nitrogens with zero attached hydrogens (tertiary/aromatic N) is 1. The number of rotatable bonds is 9. The Labute approximate surface area is 212 Å². The van der Waals surface area contributed by atoms with Crippen LogP contribution < -0.4 is 10.1 Å². The fraction of sp³-hybridized carbons (Fsp3) is 0.333. The van der Waals surface area contributed by atoms with Crippen LogP contribution in [0.15, 0.2) is 59.5 Å². The van der Waals surface area contributed by atoms with Crippen molar-refractivity contribution in [2.24, 2.45) is 11.8 Å². The van der Waals surface area contributed by atoms with E-state index in [9.17, 15) is 42.6 Å². The Morgan fingerprint density at radius 2 is 1.76 bits per heavy atom. The van der Waals surface area contributed by atoms with Gasteiger partial charge in [-0.15, -0.1) is 24.9 Å². The normalized spacial score (nSPS) is 25.3. The molecule has 13 heteroatoms. The molecule has 196 valence electrons. The minimum absolute atomic E-state index is 0.0481. The smallest absolute Gasteiger partial charge is 0.481 e. The van der Waals surface area contributed by atoms with E-state index in [0.717, 1.165) is 21.9 Å². The molecule has 2 heterocycles. The predicted molar refractivity (Wildman–Crippen MR) is 122 cm³/mol. The average molecular weight is 539 g/mol. The van der Waals surface area contributed by atoms with Gasteiger partial charge in [-0.1, -0.05) is 30.3 Å². The highest BCUT2D eigenvalue weighted by atomic mass is 32.2. The minimum Gasteiger partial charge on any atom is -0.481 e. The fourth-order valence-corrected chi connectivity index (χ4v) is 5.78. The van der Waals surface area contributed by atoms with Crippen LogP contribution in [0.2, 0.25) is 0 Å². The van der Waals surface area contributed by atoms with Crippen molar-refractivity contribution in [2.45, 2.75) is 29.3 Å². The van der Waals surface area contributed by atoms with Gasteiger partial charge < -0.3 is 14.9 Å². The van der Waals surface area contributed by atoms with E-state index in [1.807, 2.05) is 30.3 Å². The first-order valence-corrected chi connectivity index (χ1v) is 12.0. The Bertz CT molecular complexity index is 1230. The van der Waals surface area contributed by atoms with E-state index < -0.39 is 65.7 Å². The second-order valence-corrected chi connectivity index (χ2v) is 9.75. The molecule has 2 aromatic carbocycles. The number of hydrogen-bond acceptors (Lipinski definition) is 7. The maximum absolute atomic E-state index is 13.4. The first kappa shape index (κ1) is 26.5. The molecule has 0 bridgehead atoms. The quantitative estimate of drug-likeness (QED) is 0.326. The first-order chi connectivity index (χ1) is 17.4. The lowest BCUT2D eigenvalue weighted by Gasteiger charge is -2.29. The van der Waals surface area contributed by atoms with Crippen LogP contribution in [-0.4, -0.2) is 63.1 Å². The van der Waals surface area contributed by atoms with Crippen molar-refractivity contribution in [3.05, 3.63) is 60.2 Å². The number of nitrogens with one attached hydrogen (secondary N) is 1. The monoisotopic (exact) mass is 538 g/mol. The summed E-state index contributed by atoms with van der Waals surface area (Å²) in [5.74, 6) is -7.98. The number of carbonyl (C=O) groups excluding carboxylic acids is 2. The summed E-state index contributed by atoms with van der Waals surface area (Å²) in [6, 6.07) is 12.5. The van der Waals surface area contributed by atoms with Gasteiger partial charge in [0, 0.05) is 23.2 Å². The highest BCUT2D eigenvalue weighted by Gasteiger charge is 2.69. The van der Waals surface area contributed by atoms with Crippen LogP contribution in [0.25, 0.3) is 0 Å². The zero-order valence-corrected chi connectivity index (χ0v) is 19.8. The third kappa shape index (κ3) is 5.27. The van der Waals surface area contributed by atoms with Gasteiger partial charge in [0.1, 0.15) is 11.3 Å². The predicted octanol–water partition coefficient (Wildman–Crippen LogP) is 2.92. The number of amides is 2. The van der Waals surface area contributed by atoms with E-state index >= 15 is 0 Å². The standard InChI is InChI=1S/C24H21F3N2O7S/c25-24(26,27)36-14-6-4-5-13(11-14)19-17-18(23(28-19,22(34)35)12-16(30)31)21(33)29(20(17)32)9-10-37-15-7-2-1-3-8-15/h1-8,11,17-19,28H,9-10,12H2,(H,30,31)(H,34,35). The van der Waals surface area contributed by atoms with Crippen LogP contribution in [0.3, 0.4) is 0 Å². The number of thioether (sulfide) groups is 1. The lowest BCUT2D eigenvalue weighted by Crippen LogP contribution is -2.57. The van der Waals surface area contributed by atoms with Gasteiger partial charge in [-0.2, -0.15) is 0 Å². The molecular formula is C24H21F3N2O7S. The minimum atomic E-state index is -5.00. The number of benzene rings is 2. The van der Waals surface area contributed by atoms with Crippen molar-refractivity contribution in [1.29, 1.82) is 0 Å². The van der Waals surface area contributed by atoms with E-state index in [-0.39, 0.29) is 12.1 Å². The molecule has 2 amide bonds. The molecule has 0 aromatic heterocycles. The largest absolute Gasteiger partial charge is 0.573 e. The second-order valence-electron chi connectivity index (χ2n) is 8.58. The van der Waals surface area contributed by atoms with Crippen LogP contribution >= 0.6 is 11.8 Å². The summed E-state index contributed by atoms with van der Waals surface area (Å²) in [6.07, 6.45) is -6.02. The van der Waals surface area contributed by atoms with Crippen LogP contribution in [0.5, 0.6) is 5.75 Å². The Balaban J connectivity index is 1.68. The SMILES string of the molecule is O=C(O)CC1(C(=O)O)NC(c2cccc(OC(F)(F)F)c2)C2C(=O)N(CCSc3ccccc3)C(=O)C21. The lowest BCUT2D eigenvalue weighted by molar-refractivity contribution is -0.274. The van der Waals surface area contributed by atoms with Gasteiger partial charge in [0.15, 0.2) is 0 Å². The van der Waals surface area contributed by atoms with Gasteiger partial charge in [-0.3, -0.25) is 29.4 Å². The van der Waals surface area contributed by atoms with Gasteiger partial charge in [0.25, 0.3) is 0 Å². The number of fused-ring (bicyclic) bond motifs is 1. The summed E-state index contributed by atoms with van der Waals surface area (Å²) in [5.41, 5.74) is -2.30. The van der Waals surface area contributed by atoms with Crippen molar-refractivity contribution in [3.8, 4) is 5.75 Å². The molecule has 4 unspecified atom stereocenters. The van der Waals surface area contributed by atoms with E-state index in [0.29, 0.717) is 5.75 Å². The molecule has 4 rings (SSSR count). The van der Waals surface area contributed by atoms with E-state index in [1.165, 1.54) is 23.9 Å². The number of alkyl halides is 3. The molecule has 2 aliphatic rings. The summed E-state index contributed by atoms with van der Waals surface area (Å²) in [6.45, 7) is -0.0586. The summed E-state index contributed by atoms with van der Waals surface area (Å²) in [7, 11) is 0. The average Bonchev–Trinajstić information content (AvgIpc) is 3.28. The van der Waals surface area contributed by atoms with Crippen LogP contribution in [0.4, 0.5) is 13.2 Å².